The molecule has 1 aliphatic heterocycles. The van der Waals surface area contributed by atoms with E-state index in [0.717, 1.165) is 50.2 Å². The van der Waals surface area contributed by atoms with Gasteiger partial charge in [-0.1, -0.05) is 44.2 Å². The summed E-state index contributed by atoms with van der Waals surface area (Å²) in [5.41, 5.74) is 4.51. The molecule has 0 radical (unpaired) electrons. The molecular weight excluding hydrogens is 444 g/mol. The number of rotatable bonds is 8. The van der Waals surface area contributed by atoms with Crippen molar-refractivity contribution in [1.29, 1.82) is 5.26 Å². The molecule has 0 N–H and O–H groups in total. The van der Waals surface area contributed by atoms with Crippen LogP contribution < -0.4 is 9.64 Å². The van der Waals surface area contributed by atoms with E-state index in [1.807, 2.05) is 6.20 Å². The summed E-state index contributed by atoms with van der Waals surface area (Å²) in [5.74, 6) is -0.435. The predicted octanol–water partition coefficient (Wildman–Crippen LogP) is 6.51. The Hall–Kier alpha value is -3.46. The zero-order valence-corrected chi connectivity index (χ0v) is 20.4. The molecule has 35 heavy (non-hydrogen) atoms. The van der Waals surface area contributed by atoms with Crippen molar-refractivity contribution in [2.75, 3.05) is 24.6 Å². The molecule has 0 atom stereocenters. The lowest BCUT2D eigenvalue weighted by Crippen LogP contribution is -2.36. The molecule has 182 valence electrons. The highest BCUT2D eigenvalue weighted by Gasteiger charge is 2.23. The molecule has 1 aromatic heterocycles. The van der Waals surface area contributed by atoms with Gasteiger partial charge >= 0.3 is 0 Å². The molecular formula is C29H31F2N3O. The maximum Gasteiger partial charge on any atom is 0.190 e. The van der Waals surface area contributed by atoms with E-state index in [1.54, 1.807) is 24.3 Å². The molecule has 0 unspecified atom stereocenters. The first-order chi connectivity index (χ1) is 17.0. The van der Waals surface area contributed by atoms with Crippen molar-refractivity contribution in [3.05, 3.63) is 77.0 Å². The number of piperidine rings is 1. The van der Waals surface area contributed by atoms with Crippen LogP contribution in [-0.4, -0.2) is 24.7 Å². The third-order valence-electron chi connectivity index (χ3n) is 6.73. The molecule has 1 saturated heterocycles. The summed E-state index contributed by atoms with van der Waals surface area (Å²) < 4.78 is 35.2. The minimum atomic E-state index is -0.702. The summed E-state index contributed by atoms with van der Waals surface area (Å²) in [7, 11) is 0. The van der Waals surface area contributed by atoms with Gasteiger partial charge in [0.05, 0.1) is 19.1 Å². The summed E-state index contributed by atoms with van der Waals surface area (Å²) in [5, 5.41) is 8.79. The van der Waals surface area contributed by atoms with Crippen LogP contribution in [0.5, 0.6) is 5.75 Å². The molecule has 2 aromatic carbocycles. The van der Waals surface area contributed by atoms with Gasteiger partial charge in [-0.3, -0.25) is 0 Å². The van der Waals surface area contributed by atoms with Crippen LogP contribution in [-0.2, 0) is 19.3 Å². The summed E-state index contributed by atoms with van der Waals surface area (Å²) in [4.78, 5) is 7.03. The largest absolute Gasteiger partial charge is 0.487 e. The minimum absolute atomic E-state index is 0.234. The van der Waals surface area contributed by atoms with Crippen LogP contribution in [0.3, 0.4) is 0 Å². The Kier molecular flexibility index (Phi) is 7.97. The van der Waals surface area contributed by atoms with E-state index in [-0.39, 0.29) is 18.3 Å². The van der Waals surface area contributed by atoms with Crippen LogP contribution in [0.15, 0.2) is 48.7 Å². The quantitative estimate of drug-likeness (QED) is 0.372. The van der Waals surface area contributed by atoms with E-state index in [2.05, 4.69) is 30.9 Å². The second-order valence-corrected chi connectivity index (χ2v) is 9.08. The summed E-state index contributed by atoms with van der Waals surface area (Å²) in [6.45, 7) is 6.28. The number of aromatic nitrogens is 1. The van der Waals surface area contributed by atoms with Gasteiger partial charge in [-0.15, -0.1) is 0 Å². The third kappa shape index (κ3) is 5.79. The Morgan fingerprint density at radius 1 is 0.971 bits per heavy atom. The molecule has 6 heteroatoms. The molecule has 2 heterocycles. The van der Waals surface area contributed by atoms with Gasteiger partial charge in [0.1, 0.15) is 5.82 Å². The minimum Gasteiger partial charge on any atom is -0.487 e. The van der Waals surface area contributed by atoms with E-state index in [1.165, 1.54) is 23.3 Å². The number of aryl methyl sites for hydroxylation is 2. The lowest BCUT2D eigenvalue weighted by atomic mass is 9.97. The van der Waals surface area contributed by atoms with Gasteiger partial charge in [0.2, 0.25) is 0 Å². The van der Waals surface area contributed by atoms with Gasteiger partial charge in [-0.25, -0.2) is 13.8 Å². The second-order valence-electron chi connectivity index (χ2n) is 9.08. The number of hydrogen-bond donors (Lipinski definition) is 0. The number of hydrogen-bond acceptors (Lipinski definition) is 4. The smallest absolute Gasteiger partial charge is 0.190 e. The molecule has 0 spiro atoms. The van der Waals surface area contributed by atoms with E-state index < -0.39 is 11.6 Å². The maximum absolute atomic E-state index is 14.8. The van der Waals surface area contributed by atoms with Gasteiger partial charge in [0.15, 0.2) is 17.4 Å². The Morgan fingerprint density at radius 3 is 2.26 bits per heavy atom. The Morgan fingerprint density at radius 2 is 1.66 bits per heavy atom. The zero-order valence-electron chi connectivity index (χ0n) is 20.4. The van der Waals surface area contributed by atoms with Crippen molar-refractivity contribution in [1.82, 2.24) is 4.98 Å². The number of nitrogens with zero attached hydrogens (tertiary/aromatic N) is 3. The second kappa shape index (κ2) is 11.3. The lowest BCUT2D eigenvalue weighted by Gasteiger charge is -2.34. The van der Waals surface area contributed by atoms with Crippen LogP contribution in [0.2, 0.25) is 0 Å². The maximum atomic E-state index is 14.8. The standard InChI is InChI=1S/C29H31F2N3O/c1-3-20-15-23(4-2)29(33-18-20)34-13-10-22(11-14-34)19-35-28-26(30)16-25(17-27(28)31)24-7-5-21(6-8-24)9-12-32/h5-8,15-18,22H,3-4,9-11,13-14,19H2,1-2H3. The third-order valence-corrected chi connectivity index (χ3v) is 6.73. The normalized spacial score (nSPS) is 14.1. The number of nitriles is 1. The average Bonchev–Trinajstić information content (AvgIpc) is 2.88. The van der Waals surface area contributed by atoms with E-state index in [4.69, 9.17) is 15.0 Å². The molecule has 0 bridgehead atoms. The Labute approximate surface area is 206 Å². The highest BCUT2D eigenvalue weighted by atomic mass is 19.1. The molecule has 1 aliphatic rings. The van der Waals surface area contributed by atoms with E-state index >= 15 is 0 Å². The van der Waals surface area contributed by atoms with Gasteiger partial charge in [0, 0.05) is 19.3 Å². The molecule has 0 aliphatic carbocycles. The first-order valence-electron chi connectivity index (χ1n) is 12.3. The van der Waals surface area contributed by atoms with Crippen LogP contribution in [0.25, 0.3) is 11.1 Å². The van der Waals surface area contributed by atoms with Gasteiger partial charge in [-0.2, -0.15) is 5.26 Å². The fraction of sp³-hybridized carbons (Fsp3) is 0.379. The van der Waals surface area contributed by atoms with Crippen molar-refractivity contribution in [2.24, 2.45) is 5.92 Å². The number of ether oxygens (including phenoxy) is 1. The number of pyridine rings is 1. The summed E-state index contributed by atoms with van der Waals surface area (Å²) in [6.07, 6.45) is 5.95. The highest BCUT2D eigenvalue weighted by Crippen LogP contribution is 2.31. The number of benzene rings is 2. The fourth-order valence-corrected chi connectivity index (χ4v) is 4.57. The zero-order chi connectivity index (χ0) is 24.8. The van der Waals surface area contributed by atoms with Crippen molar-refractivity contribution in [3.8, 4) is 22.9 Å². The molecule has 4 rings (SSSR count). The first-order valence-corrected chi connectivity index (χ1v) is 12.3. The number of halogens is 2. The first kappa shape index (κ1) is 24.7. The van der Waals surface area contributed by atoms with Crippen LogP contribution in [0.4, 0.5) is 14.6 Å². The van der Waals surface area contributed by atoms with Crippen molar-refractivity contribution in [2.45, 2.75) is 46.0 Å². The Balaban J connectivity index is 1.36. The molecule has 1 fully saturated rings. The average molecular weight is 476 g/mol. The van der Waals surface area contributed by atoms with E-state index in [9.17, 15) is 8.78 Å². The predicted molar refractivity (Wildman–Crippen MR) is 135 cm³/mol. The van der Waals surface area contributed by atoms with E-state index in [0.29, 0.717) is 17.5 Å². The van der Waals surface area contributed by atoms with Crippen molar-refractivity contribution in [3.63, 3.8) is 0 Å². The number of anilines is 1. The van der Waals surface area contributed by atoms with Crippen LogP contribution in [0, 0.1) is 28.9 Å². The summed E-state index contributed by atoms with van der Waals surface area (Å²) in [6, 6.07) is 14.1. The van der Waals surface area contributed by atoms with Crippen molar-refractivity contribution < 1.29 is 13.5 Å². The van der Waals surface area contributed by atoms with Gasteiger partial charge in [0.25, 0.3) is 0 Å². The Bertz CT molecular complexity index is 1170. The molecule has 0 saturated carbocycles. The van der Waals surface area contributed by atoms with Gasteiger partial charge < -0.3 is 9.64 Å². The van der Waals surface area contributed by atoms with Crippen LogP contribution in [0.1, 0.15) is 43.4 Å². The molecule has 4 nitrogen and oxygen atoms in total. The van der Waals surface area contributed by atoms with Crippen molar-refractivity contribution >= 4 is 5.82 Å². The lowest BCUT2D eigenvalue weighted by molar-refractivity contribution is 0.207. The topological polar surface area (TPSA) is 49.2 Å². The monoisotopic (exact) mass is 475 g/mol. The summed E-state index contributed by atoms with van der Waals surface area (Å²) >= 11 is 0. The molecule has 3 aromatic rings. The van der Waals surface area contributed by atoms with Gasteiger partial charge in [-0.05, 0) is 71.6 Å². The fourth-order valence-electron chi connectivity index (χ4n) is 4.57. The SMILES string of the molecule is CCc1cnc(N2CCC(COc3c(F)cc(-c4ccc(CC#N)cc4)cc3F)CC2)c(CC)c1. The molecule has 0 amide bonds. The van der Waals surface area contributed by atoms with Crippen LogP contribution >= 0.6 is 0 Å². The highest BCUT2D eigenvalue weighted by molar-refractivity contribution is 5.65.